The summed E-state index contributed by atoms with van der Waals surface area (Å²) in [7, 11) is 1.20. The molecule has 35 heavy (non-hydrogen) atoms. The number of esters is 2. The van der Waals surface area contributed by atoms with Crippen molar-refractivity contribution in [3.8, 4) is 33.8 Å². The SMILES string of the molecule is COc1c(O)ccc(C(=O)OC(=O)c2occ(-c3ccccc3)c2-c2ccccc2)c1C(=O)NN. The van der Waals surface area contributed by atoms with E-state index in [-0.39, 0.29) is 22.6 Å². The number of nitrogens with two attached hydrogens (primary N) is 1. The van der Waals surface area contributed by atoms with Crippen LogP contribution in [0.5, 0.6) is 11.5 Å². The van der Waals surface area contributed by atoms with Crippen LogP contribution >= 0.6 is 0 Å². The Bertz CT molecular complexity index is 1400. The van der Waals surface area contributed by atoms with Crippen LogP contribution in [0.1, 0.15) is 31.3 Å². The lowest BCUT2D eigenvalue weighted by Crippen LogP contribution is -2.32. The number of phenolic OH excluding ortho intramolecular Hbond substituents is 1. The van der Waals surface area contributed by atoms with Crippen LogP contribution in [0.4, 0.5) is 0 Å². The largest absolute Gasteiger partial charge is 0.504 e. The first-order chi connectivity index (χ1) is 17.0. The molecule has 4 aromatic rings. The Labute approximate surface area is 199 Å². The van der Waals surface area contributed by atoms with Gasteiger partial charge in [0.2, 0.25) is 5.76 Å². The number of carbonyl (C=O) groups is 3. The highest BCUT2D eigenvalue weighted by molar-refractivity contribution is 6.12. The minimum atomic E-state index is -1.16. The summed E-state index contributed by atoms with van der Waals surface area (Å²) in [6.45, 7) is 0. The summed E-state index contributed by atoms with van der Waals surface area (Å²) in [5, 5.41) is 10.00. The molecule has 3 aromatic carbocycles. The van der Waals surface area contributed by atoms with Crippen molar-refractivity contribution in [3.63, 3.8) is 0 Å². The third-order valence-corrected chi connectivity index (χ3v) is 5.23. The number of amides is 1. The maximum atomic E-state index is 13.1. The van der Waals surface area contributed by atoms with Crippen LogP contribution < -0.4 is 16.0 Å². The van der Waals surface area contributed by atoms with Crippen molar-refractivity contribution in [1.82, 2.24) is 5.43 Å². The fourth-order valence-electron chi connectivity index (χ4n) is 3.66. The van der Waals surface area contributed by atoms with Crippen LogP contribution in [0.25, 0.3) is 22.3 Å². The molecule has 0 saturated carbocycles. The van der Waals surface area contributed by atoms with Crippen molar-refractivity contribution in [2.45, 2.75) is 0 Å². The van der Waals surface area contributed by atoms with Gasteiger partial charge in [0.15, 0.2) is 11.5 Å². The maximum Gasteiger partial charge on any atom is 0.382 e. The lowest BCUT2D eigenvalue weighted by Gasteiger charge is -2.13. The summed E-state index contributed by atoms with van der Waals surface area (Å²) < 4.78 is 15.7. The van der Waals surface area contributed by atoms with E-state index < -0.39 is 23.6 Å². The molecule has 0 unspecified atom stereocenters. The Balaban J connectivity index is 1.75. The van der Waals surface area contributed by atoms with Gasteiger partial charge in [-0.25, -0.2) is 15.4 Å². The Morgan fingerprint density at radius 3 is 2.11 bits per heavy atom. The third-order valence-electron chi connectivity index (χ3n) is 5.23. The quantitative estimate of drug-likeness (QED) is 0.126. The number of phenols is 1. The zero-order valence-corrected chi connectivity index (χ0v) is 18.5. The van der Waals surface area contributed by atoms with Gasteiger partial charge in [-0.3, -0.25) is 10.2 Å². The van der Waals surface area contributed by atoms with Crippen LogP contribution in [0, 0.1) is 0 Å². The van der Waals surface area contributed by atoms with E-state index in [1.165, 1.54) is 13.4 Å². The molecule has 1 amide bonds. The fourth-order valence-corrected chi connectivity index (χ4v) is 3.66. The molecule has 0 aliphatic rings. The first-order valence-electron chi connectivity index (χ1n) is 10.4. The number of hydrogen-bond donors (Lipinski definition) is 3. The standard InChI is InChI=1S/C26H20N2O7/c1-33-22-19(29)13-12-17(21(22)24(30)28-27)25(31)35-26(32)23-20(16-10-6-3-7-11-16)18(14-34-23)15-8-4-2-5-9-15/h2-14,29H,27H2,1H3,(H,28,30). The minimum absolute atomic E-state index is 0.195. The van der Waals surface area contributed by atoms with E-state index >= 15 is 0 Å². The molecule has 0 saturated heterocycles. The number of aromatic hydroxyl groups is 1. The number of hydrazine groups is 1. The molecule has 0 aliphatic carbocycles. The average Bonchev–Trinajstić information content (AvgIpc) is 3.34. The molecule has 9 heteroatoms. The molecular weight excluding hydrogens is 452 g/mol. The van der Waals surface area contributed by atoms with Crippen molar-refractivity contribution in [1.29, 1.82) is 0 Å². The number of hydrogen-bond acceptors (Lipinski definition) is 8. The first kappa shape index (κ1) is 23.3. The number of ether oxygens (including phenoxy) is 2. The molecule has 0 bridgehead atoms. The molecule has 0 spiro atoms. The van der Waals surface area contributed by atoms with E-state index in [4.69, 9.17) is 19.7 Å². The number of methoxy groups -OCH3 is 1. The summed E-state index contributed by atoms with van der Waals surface area (Å²) >= 11 is 0. The van der Waals surface area contributed by atoms with Crippen molar-refractivity contribution in [3.05, 3.63) is 95.9 Å². The van der Waals surface area contributed by atoms with Crippen LogP contribution in [0.15, 0.2) is 83.5 Å². The maximum absolute atomic E-state index is 13.1. The molecule has 1 heterocycles. The lowest BCUT2D eigenvalue weighted by molar-refractivity contribution is 0.0374. The molecular formula is C26H20N2O7. The molecule has 4 rings (SSSR count). The molecule has 0 fully saturated rings. The van der Waals surface area contributed by atoms with Gasteiger partial charge in [0.1, 0.15) is 11.8 Å². The van der Waals surface area contributed by atoms with Gasteiger partial charge in [-0.15, -0.1) is 0 Å². The highest BCUT2D eigenvalue weighted by atomic mass is 16.6. The van der Waals surface area contributed by atoms with Gasteiger partial charge in [-0.05, 0) is 23.3 Å². The van der Waals surface area contributed by atoms with E-state index in [0.717, 1.165) is 17.7 Å². The van der Waals surface area contributed by atoms with Gasteiger partial charge in [-0.1, -0.05) is 60.7 Å². The van der Waals surface area contributed by atoms with E-state index in [0.29, 0.717) is 16.7 Å². The smallest absolute Gasteiger partial charge is 0.382 e. The first-order valence-corrected chi connectivity index (χ1v) is 10.4. The lowest BCUT2D eigenvalue weighted by atomic mass is 9.97. The molecule has 176 valence electrons. The van der Waals surface area contributed by atoms with Gasteiger partial charge in [0, 0.05) is 11.1 Å². The van der Waals surface area contributed by atoms with E-state index in [1.54, 1.807) is 24.3 Å². The number of benzene rings is 3. The van der Waals surface area contributed by atoms with Crippen LogP contribution in [0.3, 0.4) is 0 Å². The van der Waals surface area contributed by atoms with E-state index in [1.807, 2.05) is 41.8 Å². The Kier molecular flexibility index (Phi) is 6.61. The molecule has 0 atom stereocenters. The number of carbonyl (C=O) groups excluding carboxylic acids is 3. The Morgan fingerprint density at radius 2 is 1.51 bits per heavy atom. The highest BCUT2D eigenvalue weighted by Crippen LogP contribution is 2.37. The third kappa shape index (κ3) is 4.48. The van der Waals surface area contributed by atoms with Crippen molar-refractivity contribution >= 4 is 17.8 Å². The minimum Gasteiger partial charge on any atom is -0.504 e. The fraction of sp³-hybridized carbons (Fsp3) is 0.0385. The summed E-state index contributed by atoms with van der Waals surface area (Å²) in [6, 6.07) is 20.6. The predicted octanol–water partition coefficient (Wildman–Crippen LogP) is 3.93. The van der Waals surface area contributed by atoms with Crippen LogP contribution in [0.2, 0.25) is 0 Å². The van der Waals surface area contributed by atoms with Gasteiger partial charge in [-0.2, -0.15) is 0 Å². The number of furan rings is 1. The van der Waals surface area contributed by atoms with Crippen molar-refractivity contribution in [2.24, 2.45) is 5.84 Å². The number of nitrogens with one attached hydrogen (secondary N) is 1. The Hall–Kier alpha value is -4.89. The molecule has 1 aromatic heterocycles. The zero-order valence-electron chi connectivity index (χ0n) is 18.5. The zero-order chi connectivity index (χ0) is 24.9. The summed E-state index contributed by atoms with van der Waals surface area (Å²) in [6.07, 6.45) is 1.41. The Morgan fingerprint density at radius 1 is 0.886 bits per heavy atom. The van der Waals surface area contributed by atoms with Crippen LogP contribution in [-0.2, 0) is 4.74 Å². The summed E-state index contributed by atoms with van der Waals surface area (Å²) in [5.74, 6) is 1.15. The predicted molar refractivity (Wildman–Crippen MR) is 126 cm³/mol. The highest BCUT2D eigenvalue weighted by Gasteiger charge is 2.30. The molecule has 0 radical (unpaired) electrons. The van der Waals surface area contributed by atoms with Gasteiger partial charge in [0.25, 0.3) is 5.91 Å². The second kappa shape index (κ2) is 9.94. The van der Waals surface area contributed by atoms with Gasteiger partial charge in [0.05, 0.1) is 12.7 Å². The normalized spacial score (nSPS) is 10.5. The topological polar surface area (TPSA) is 141 Å². The molecule has 4 N–H and O–H groups in total. The van der Waals surface area contributed by atoms with Gasteiger partial charge < -0.3 is 19.0 Å². The van der Waals surface area contributed by atoms with E-state index in [9.17, 15) is 19.5 Å². The number of rotatable bonds is 6. The van der Waals surface area contributed by atoms with Crippen LogP contribution in [-0.4, -0.2) is 30.1 Å². The summed E-state index contributed by atoms with van der Waals surface area (Å²) in [5.41, 5.74) is 3.69. The molecule has 9 nitrogen and oxygen atoms in total. The van der Waals surface area contributed by atoms with E-state index in [2.05, 4.69) is 0 Å². The molecule has 0 aliphatic heterocycles. The second-order valence-corrected chi connectivity index (χ2v) is 7.28. The van der Waals surface area contributed by atoms with Crippen molar-refractivity contribution in [2.75, 3.05) is 7.11 Å². The van der Waals surface area contributed by atoms with Crippen molar-refractivity contribution < 1.29 is 33.4 Å². The second-order valence-electron chi connectivity index (χ2n) is 7.28. The average molecular weight is 472 g/mol. The summed E-state index contributed by atoms with van der Waals surface area (Å²) in [4.78, 5) is 38.3. The van der Waals surface area contributed by atoms with Gasteiger partial charge >= 0.3 is 11.9 Å². The number of nitrogen functional groups attached to an aromatic ring is 1. The monoisotopic (exact) mass is 472 g/mol.